The van der Waals surface area contributed by atoms with Gasteiger partial charge in [-0.1, -0.05) is 6.92 Å². The highest BCUT2D eigenvalue weighted by atomic mass is 16.2. The van der Waals surface area contributed by atoms with Crippen LogP contribution in [0.5, 0.6) is 0 Å². The average molecular weight is 312 g/mol. The van der Waals surface area contributed by atoms with Gasteiger partial charge in [-0.05, 0) is 38.0 Å². The summed E-state index contributed by atoms with van der Waals surface area (Å²) in [5.41, 5.74) is 4.76. The van der Waals surface area contributed by atoms with Crippen LogP contribution in [0.2, 0.25) is 0 Å². The SMILES string of the molecule is CCc1c(C)nn(CC(=O)NCc2[nH]nc3ncccc23)c1C. The summed E-state index contributed by atoms with van der Waals surface area (Å²) in [4.78, 5) is 16.3. The Bertz CT molecular complexity index is 847. The molecule has 2 N–H and O–H groups in total. The predicted molar refractivity (Wildman–Crippen MR) is 86.8 cm³/mol. The summed E-state index contributed by atoms with van der Waals surface area (Å²) in [5, 5.41) is 15.3. The van der Waals surface area contributed by atoms with E-state index in [-0.39, 0.29) is 12.5 Å². The first-order valence-electron chi connectivity index (χ1n) is 7.67. The quantitative estimate of drug-likeness (QED) is 0.750. The van der Waals surface area contributed by atoms with Crippen molar-refractivity contribution in [2.75, 3.05) is 0 Å². The lowest BCUT2D eigenvalue weighted by Gasteiger charge is -2.06. The molecule has 1 amide bonds. The maximum absolute atomic E-state index is 12.2. The van der Waals surface area contributed by atoms with E-state index < -0.39 is 0 Å². The van der Waals surface area contributed by atoms with Gasteiger partial charge in [0.05, 0.1) is 17.9 Å². The van der Waals surface area contributed by atoms with Crippen LogP contribution in [0.25, 0.3) is 11.0 Å². The van der Waals surface area contributed by atoms with Gasteiger partial charge in [0.15, 0.2) is 5.65 Å². The first-order chi connectivity index (χ1) is 11.1. The third kappa shape index (κ3) is 2.94. The van der Waals surface area contributed by atoms with Gasteiger partial charge < -0.3 is 5.32 Å². The third-order valence-electron chi connectivity index (χ3n) is 4.05. The van der Waals surface area contributed by atoms with E-state index >= 15 is 0 Å². The van der Waals surface area contributed by atoms with Crippen molar-refractivity contribution >= 4 is 16.9 Å². The number of nitrogens with one attached hydrogen (secondary N) is 2. The Labute approximate surface area is 134 Å². The Morgan fingerprint density at radius 2 is 2.22 bits per heavy atom. The molecule has 7 nitrogen and oxygen atoms in total. The number of fused-ring (bicyclic) bond motifs is 1. The zero-order valence-electron chi connectivity index (χ0n) is 13.6. The molecule has 0 atom stereocenters. The maximum Gasteiger partial charge on any atom is 0.242 e. The van der Waals surface area contributed by atoms with E-state index in [2.05, 4.69) is 32.5 Å². The Kier molecular flexibility index (Phi) is 4.10. The minimum atomic E-state index is -0.0788. The number of pyridine rings is 1. The van der Waals surface area contributed by atoms with Gasteiger partial charge in [-0.15, -0.1) is 0 Å². The molecule has 0 aliphatic heterocycles. The van der Waals surface area contributed by atoms with Crippen molar-refractivity contribution < 1.29 is 4.79 Å². The number of amides is 1. The number of aromatic amines is 1. The molecule has 3 aromatic rings. The molecule has 0 aliphatic rings. The number of aromatic nitrogens is 5. The van der Waals surface area contributed by atoms with Gasteiger partial charge in [-0.2, -0.15) is 10.2 Å². The van der Waals surface area contributed by atoms with Gasteiger partial charge in [0.2, 0.25) is 5.91 Å². The van der Waals surface area contributed by atoms with Gasteiger partial charge in [0, 0.05) is 17.3 Å². The molecule has 3 rings (SSSR count). The topological polar surface area (TPSA) is 88.5 Å². The fourth-order valence-electron chi connectivity index (χ4n) is 2.82. The molecular formula is C16H20N6O. The van der Waals surface area contributed by atoms with E-state index in [0.717, 1.165) is 28.9 Å². The van der Waals surface area contributed by atoms with Crippen molar-refractivity contribution in [3.63, 3.8) is 0 Å². The highest BCUT2D eigenvalue weighted by Gasteiger charge is 2.13. The van der Waals surface area contributed by atoms with Gasteiger partial charge >= 0.3 is 0 Å². The lowest BCUT2D eigenvalue weighted by atomic mass is 10.1. The van der Waals surface area contributed by atoms with Crippen molar-refractivity contribution in [2.45, 2.75) is 40.3 Å². The van der Waals surface area contributed by atoms with Gasteiger partial charge in [-0.25, -0.2) is 4.98 Å². The Morgan fingerprint density at radius 1 is 1.39 bits per heavy atom. The molecule has 23 heavy (non-hydrogen) atoms. The number of aryl methyl sites for hydroxylation is 1. The first-order valence-corrected chi connectivity index (χ1v) is 7.67. The van der Waals surface area contributed by atoms with Crippen molar-refractivity contribution in [1.29, 1.82) is 0 Å². The molecule has 0 bridgehead atoms. The lowest BCUT2D eigenvalue weighted by Crippen LogP contribution is -2.28. The van der Waals surface area contributed by atoms with Crippen LogP contribution in [0.4, 0.5) is 0 Å². The van der Waals surface area contributed by atoms with Gasteiger partial charge in [0.1, 0.15) is 6.54 Å². The minimum absolute atomic E-state index is 0.0788. The van der Waals surface area contributed by atoms with Crippen LogP contribution < -0.4 is 5.32 Å². The Hall–Kier alpha value is -2.70. The smallest absolute Gasteiger partial charge is 0.242 e. The summed E-state index contributed by atoms with van der Waals surface area (Å²) >= 11 is 0. The number of hydrogen-bond donors (Lipinski definition) is 2. The second-order valence-corrected chi connectivity index (χ2v) is 5.51. The molecule has 120 valence electrons. The van der Waals surface area contributed by atoms with Gasteiger partial charge in [-0.3, -0.25) is 14.6 Å². The van der Waals surface area contributed by atoms with Crippen LogP contribution in [-0.4, -0.2) is 30.9 Å². The summed E-state index contributed by atoms with van der Waals surface area (Å²) in [6.45, 7) is 6.68. The van der Waals surface area contributed by atoms with Gasteiger partial charge in [0.25, 0.3) is 0 Å². The molecule has 0 aromatic carbocycles. The van der Waals surface area contributed by atoms with Crippen LogP contribution in [0.1, 0.15) is 29.6 Å². The standard InChI is InChI=1S/C16H20N6O/c1-4-12-10(2)21-22(11(12)3)9-15(23)18-8-14-13-6-5-7-17-16(13)20-19-14/h5-7H,4,8-9H2,1-3H3,(H,18,23)(H,17,19,20). The molecule has 0 unspecified atom stereocenters. The van der Waals surface area contributed by atoms with Crippen molar-refractivity contribution in [2.24, 2.45) is 0 Å². The van der Waals surface area contributed by atoms with E-state index in [4.69, 9.17) is 0 Å². The zero-order chi connectivity index (χ0) is 16.4. The third-order valence-corrected chi connectivity index (χ3v) is 4.05. The monoisotopic (exact) mass is 312 g/mol. The number of H-pyrrole nitrogens is 1. The molecule has 0 fully saturated rings. The van der Waals surface area contributed by atoms with Crippen molar-refractivity contribution in [3.8, 4) is 0 Å². The molecule has 0 aliphatic carbocycles. The number of carbonyl (C=O) groups is 1. The van der Waals surface area contributed by atoms with Crippen molar-refractivity contribution in [3.05, 3.63) is 41.0 Å². The molecule has 3 heterocycles. The van der Waals surface area contributed by atoms with Crippen LogP contribution in [0.15, 0.2) is 18.3 Å². The normalized spacial score (nSPS) is 11.1. The molecular weight excluding hydrogens is 292 g/mol. The average Bonchev–Trinajstić information content (AvgIpc) is 3.07. The summed E-state index contributed by atoms with van der Waals surface area (Å²) < 4.78 is 1.76. The second kappa shape index (κ2) is 6.20. The lowest BCUT2D eigenvalue weighted by molar-refractivity contribution is -0.122. The Balaban J connectivity index is 1.66. The molecule has 0 spiro atoms. The first kappa shape index (κ1) is 15.2. The molecule has 0 saturated heterocycles. The van der Waals surface area contributed by atoms with Crippen LogP contribution in [-0.2, 0) is 24.3 Å². The molecule has 3 aromatic heterocycles. The van der Waals surface area contributed by atoms with Crippen LogP contribution in [0.3, 0.4) is 0 Å². The minimum Gasteiger partial charge on any atom is -0.349 e. The van der Waals surface area contributed by atoms with E-state index in [1.54, 1.807) is 10.9 Å². The molecule has 7 heteroatoms. The summed E-state index contributed by atoms with van der Waals surface area (Å²) in [5.74, 6) is -0.0788. The Morgan fingerprint density at radius 3 is 2.96 bits per heavy atom. The number of rotatable bonds is 5. The number of hydrogen-bond acceptors (Lipinski definition) is 4. The molecule has 0 radical (unpaired) electrons. The van der Waals surface area contributed by atoms with E-state index in [1.807, 2.05) is 26.0 Å². The van der Waals surface area contributed by atoms with Crippen LogP contribution >= 0.6 is 0 Å². The van der Waals surface area contributed by atoms with Crippen molar-refractivity contribution in [1.82, 2.24) is 30.3 Å². The highest BCUT2D eigenvalue weighted by molar-refractivity contribution is 5.79. The van der Waals surface area contributed by atoms with E-state index in [0.29, 0.717) is 12.2 Å². The summed E-state index contributed by atoms with van der Waals surface area (Å²) in [6, 6.07) is 3.78. The van der Waals surface area contributed by atoms with E-state index in [9.17, 15) is 4.79 Å². The second-order valence-electron chi connectivity index (χ2n) is 5.51. The highest BCUT2D eigenvalue weighted by Crippen LogP contribution is 2.14. The number of carbonyl (C=O) groups excluding carboxylic acids is 1. The summed E-state index contributed by atoms with van der Waals surface area (Å²) in [7, 11) is 0. The predicted octanol–water partition coefficient (Wildman–Crippen LogP) is 1.65. The largest absolute Gasteiger partial charge is 0.349 e. The fraction of sp³-hybridized carbons (Fsp3) is 0.375. The van der Waals surface area contributed by atoms with Crippen LogP contribution in [0, 0.1) is 13.8 Å². The summed E-state index contributed by atoms with van der Waals surface area (Å²) in [6.07, 6.45) is 2.62. The maximum atomic E-state index is 12.2. The fourth-order valence-corrected chi connectivity index (χ4v) is 2.82. The van der Waals surface area contributed by atoms with E-state index in [1.165, 1.54) is 5.56 Å². The number of nitrogens with zero attached hydrogens (tertiary/aromatic N) is 4. The zero-order valence-corrected chi connectivity index (χ0v) is 13.6. The molecule has 0 saturated carbocycles.